The molecular formula is C19H14O2S. The number of esters is 1. The average Bonchev–Trinajstić information content (AvgIpc) is 2.99. The van der Waals surface area contributed by atoms with Crippen molar-refractivity contribution in [3.63, 3.8) is 0 Å². The lowest BCUT2D eigenvalue weighted by Gasteiger charge is -2.09. The van der Waals surface area contributed by atoms with Gasteiger partial charge in [0.05, 0.1) is 0 Å². The quantitative estimate of drug-likeness (QED) is 0.516. The van der Waals surface area contributed by atoms with Crippen LogP contribution in [-0.2, 0) is 11.2 Å². The maximum absolute atomic E-state index is 12.4. The van der Waals surface area contributed by atoms with Crippen molar-refractivity contribution >= 4 is 28.5 Å². The summed E-state index contributed by atoms with van der Waals surface area (Å²) in [6.07, 6.45) is 0.743. The summed E-state index contributed by atoms with van der Waals surface area (Å²) in [7, 11) is 0. The Labute approximate surface area is 133 Å². The smallest absolute Gasteiger partial charge is 0.325 e. The van der Waals surface area contributed by atoms with Crippen molar-refractivity contribution < 1.29 is 9.53 Å². The van der Waals surface area contributed by atoms with E-state index in [0.29, 0.717) is 5.75 Å². The van der Waals surface area contributed by atoms with Crippen molar-refractivity contribution in [3.8, 4) is 5.75 Å². The van der Waals surface area contributed by atoms with Gasteiger partial charge in [-0.1, -0.05) is 48.5 Å². The average molecular weight is 306 g/mol. The SMILES string of the molecule is O=C(Oc1ccc2ccccc2c1)C1Cc2ccccc2S1. The Hall–Kier alpha value is -2.26. The molecule has 0 N–H and O–H groups in total. The molecule has 1 aliphatic rings. The van der Waals surface area contributed by atoms with Gasteiger partial charge in [-0.25, -0.2) is 0 Å². The minimum atomic E-state index is -0.170. The van der Waals surface area contributed by atoms with Gasteiger partial charge in [0.2, 0.25) is 0 Å². The van der Waals surface area contributed by atoms with Gasteiger partial charge in [-0.3, -0.25) is 4.79 Å². The molecule has 1 unspecified atom stereocenters. The number of hydrogen-bond acceptors (Lipinski definition) is 3. The molecule has 0 aliphatic carbocycles. The zero-order valence-corrected chi connectivity index (χ0v) is 12.7. The number of fused-ring (bicyclic) bond motifs is 2. The summed E-state index contributed by atoms with van der Waals surface area (Å²) in [5, 5.41) is 2.07. The lowest BCUT2D eigenvalue weighted by Crippen LogP contribution is -2.22. The van der Waals surface area contributed by atoms with E-state index in [2.05, 4.69) is 12.1 Å². The van der Waals surface area contributed by atoms with Gasteiger partial charge in [-0.2, -0.15) is 0 Å². The number of carbonyl (C=O) groups excluding carboxylic acids is 1. The van der Waals surface area contributed by atoms with Crippen LogP contribution in [0.15, 0.2) is 71.6 Å². The topological polar surface area (TPSA) is 26.3 Å². The molecule has 1 atom stereocenters. The molecule has 22 heavy (non-hydrogen) atoms. The van der Waals surface area contributed by atoms with Gasteiger partial charge >= 0.3 is 5.97 Å². The first-order valence-corrected chi connectivity index (χ1v) is 8.13. The molecule has 4 rings (SSSR count). The molecule has 3 aromatic rings. The molecule has 108 valence electrons. The van der Waals surface area contributed by atoms with E-state index in [1.807, 2.05) is 54.6 Å². The van der Waals surface area contributed by atoms with Crippen LogP contribution in [0, 0.1) is 0 Å². The molecular weight excluding hydrogens is 292 g/mol. The first-order chi connectivity index (χ1) is 10.8. The number of hydrogen-bond donors (Lipinski definition) is 0. The van der Waals surface area contributed by atoms with E-state index in [1.165, 1.54) is 10.5 Å². The number of ether oxygens (including phenoxy) is 1. The fourth-order valence-corrected chi connectivity index (χ4v) is 3.90. The Morgan fingerprint density at radius 1 is 0.955 bits per heavy atom. The Morgan fingerprint density at radius 3 is 2.59 bits per heavy atom. The predicted octanol–water partition coefficient (Wildman–Crippen LogP) is 4.46. The number of benzene rings is 3. The Bertz CT molecular complexity index is 832. The molecule has 1 aliphatic heterocycles. The second-order valence-electron chi connectivity index (χ2n) is 5.35. The standard InChI is InChI=1S/C19H14O2S/c20-19(18-12-15-7-3-4-8-17(15)22-18)21-16-10-9-13-5-1-2-6-14(13)11-16/h1-11,18H,12H2. The third-order valence-corrected chi connectivity index (χ3v) is 5.15. The minimum Gasteiger partial charge on any atom is -0.426 e. The van der Waals surface area contributed by atoms with Gasteiger partial charge in [-0.05, 0) is 41.0 Å². The molecule has 0 saturated carbocycles. The van der Waals surface area contributed by atoms with E-state index in [1.54, 1.807) is 11.8 Å². The Balaban J connectivity index is 1.52. The molecule has 3 heteroatoms. The Morgan fingerprint density at radius 2 is 1.73 bits per heavy atom. The summed E-state index contributed by atoms with van der Waals surface area (Å²) in [5.41, 5.74) is 1.23. The van der Waals surface area contributed by atoms with Gasteiger partial charge in [0.15, 0.2) is 0 Å². The lowest BCUT2D eigenvalue weighted by atomic mass is 10.1. The number of carbonyl (C=O) groups is 1. The Kier molecular flexibility index (Phi) is 3.35. The van der Waals surface area contributed by atoms with E-state index in [-0.39, 0.29) is 11.2 Å². The van der Waals surface area contributed by atoms with Gasteiger partial charge < -0.3 is 4.74 Å². The van der Waals surface area contributed by atoms with Crippen LogP contribution in [0.3, 0.4) is 0 Å². The summed E-state index contributed by atoms with van der Waals surface area (Å²) in [6.45, 7) is 0. The maximum atomic E-state index is 12.4. The minimum absolute atomic E-state index is 0.149. The lowest BCUT2D eigenvalue weighted by molar-refractivity contribution is -0.133. The van der Waals surface area contributed by atoms with Crippen molar-refractivity contribution in [3.05, 3.63) is 72.3 Å². The monoisotopic (exact) mass is 306 g/mol. The fourth-order valence-electron chi connectivity index (χ4n) is 2.73. The van der Waals surface area contributed by atoms with Crippen LogP contribution < -0.4 is 4.74 Å². The summed E-state index contributed by atoms with van der Waals surface area (Å²) >= 11 is 1.59. The highest BCUT2D eigenvalue weighted by atomic mass is 32.2. The van der Waals surface area contributed by atoms with E-state index < -0.39 is 0 Å². The van der Waals surface area contributed by atoms with E-state index in [0.717, 1.165) is 17.2 Å². The van der Waals surface area contributed by atoms with Crippen LogP contribution in [0.4, 0.5) is 0 Å². The second kappa shape index (κ2) is 5.50. The van der Waals surface area contributed by atoms with Gasteiger partial charge in [-0.15, -0.1) is 11.8 Å². The van der Waals surface area contributed by atoms with E-state index in [9.17, 15) is 4.79 Å². The van der Waals surface area contributed by atoms with Gasteiger partial charge in [0.1, 0.15) is 11.0 Å². The third kappa shape index (κ3) is 2.48. The van der Waals surface area contributed by atoms with Crippen molar-refractivity contribution in [2.24, 2.45) is 0 Å². The van der Waals surface area contributed by atoms with Gasteiger partial charge in [0.25, 0.3) is 0 Å². The second-order valence-corrected chi connectivity index (χ2v) is 6.59. The normalized spacial score (nSPS) is 16.5. The van der Waals surface area contributed by atoms with Crippen molar-refractivity contribution in [2.75, 3.05) is 0 Å². The molecule has 0 fully saturated rings. The predicted molar refractivity (Wildman–Crippen MR) is 89.4 cm³/mol. The molecule has 0 radical (unpaired) electrons. The molecule has 2 nitrogen and oxygen atoms in total. The highest BCUT2D eigenvalue weighted by Gasteiger charge is 2.29. The molecule has 0 aromatic heterocycles. The molecule has 0 bridgehead atoms. The summed E-state index contributed by atoms with van der Waals surface area (Å²) < 4.78 is 5.58. The van der Waals surface area contributed by atoms with Crippen LogP contribution in [0.1, 0.15) is 5.56 Å². The number of rotatable bonds is 2. The van der Waals surface area contributed by atoms with Crippen molar-refractivity contribution in [1.29, 1.82) is 0 Å². The molecule has 0 saturated heterocycles. The largest absolute Gasteiger partial charge is 0.426 e. The van der Waals surface area contributed by atoms with Gasteiger partial charge in [0, 0.05) is 4.90 Å². The van der Waals surface area contributed by atoms with Crippen molar-refractivity contribution in [2.45, 2.75) is 16.6 Å². The van der Waals surface area contributed by atoms with Crippen molar-refractivity contribution in [1.82, 2.24) is 0 Å². The summed E-state index contributed by atoms with van der Waals surface area (Å²) in [5.74, 6) is 0.441. The zero-order valence-electron chi connectivity index (χ0n) is 11.9. The highest BCUT2D eigenvalue weighted by molar-refractivity contribution is 8.01. The number of thioether (sulfide) groups is 1. The third-order valence-electron chi connectivity index (χ3n) is 3.85. The molecule has 0 amide bonds. The maximum Gasteiger partial charge on any atom is 0.325 e. The molecule has 1 heterocycles. The van der Waals surface area contributed by atoms with Crippen LogP contribution >= 0.6 is 11.8 Å². The van der Waals surface area contributed by atoms with Crippen LogP contribution in [-0.4, -0.2) is 11.2 Å². The fraction of sp³-hybridized carbons (Fsp3) is 0.105. The summed E-state index contributed by atoms with van der Waals surface area (Å²) in [6, 6.07) is 21.9. The first-order valence-electron chi connectivity index (χ1n) is 7.25. The van der Waals surface area contributed by atoms with Crippen LogP contribution in [0.5, 0.6) is 5.75 Å². The zero-order chi connectivity index (χ0) is 14.9. The molecule has 3 aromatic carbocycles. The van der Waals surface area contributed by atoms with Crippen LogP contribution in [0.2, 0.25) is 0 Å². The van der Waals surface area contributed by atoms with E-state index >= 15 is 0 Å². The van der Waals surface area contributed by atoms with Crippen LogP contribution in [0.25, 0.3) is 10.8 Å². The van der Waals surface area contributed by atoms with E-state index in [4.69, 9.17) is 4.74 Å². The highest BCUT2D eigenvalue weighted by Crippen LogP contribution is 2.37. The molecule has 0 spiro atoms. The first kappa shape index (κ1) is 13.4. The summed E-state index contributed by atoms with van der Waals surface area (Å²) in [4.78, 5) is 13.6.